The largest absolute Gasteiger partial charge is 0.462 e. The van der Waals surface area contributed by atoms with Crippen LogP contribution in [0.25, 0.3) is 0 Å². The highest BCUT2D eigenvalue weighted by molar-refractivity contribution is 5.71. The second-order valence-corrected chi connectivity index (χ2v) is 21.6. The van der Waals surface area contributed by atoms with Crippen LogP contribution < -0.4 is 0 Å². The molecule has 0 saturated heterocycles. The summed E-state index contributed by atoms with van der Waals surface area (Å²) in [6, 6.07) is 0. The van der Waals surface area contributed by atoms with Crippen LogP contribution in [0.15, 0.2) is 109 Å². The van der Waals surface area contributed by atoms with Crippen LogP contribution in [0.2, 0.25) is 0 Å². The molecule has 0 spiro atoms. The molecule has 0 radical (unpaired) electrons. The van der Waals surface area contributed by atoms with Gasteiger partial charge in [0.2, 0.25) is 0 Å². The second kappa shape index (κ2) is 65.6. The topological polar surface area (TPSA) is 78.9 Å². The van der Waals surface area contributed by atoms with Crippen LogP contribution in [-0.2, 0) is 28.6 Å². The molecule has 0 saturated carbocycles. The Balaban J connectivity index is 4.06. The normalized spacial score (nSPS) is 12.8. The van der Waals surface area contributed by atoms with E-state index >= 15 is 0 Å². The zero-order valence-corrected chi connectivity index (χ0v) is 51.2. The van der Waals surface area contributed by atoms with Gasteiger partial charge in [0, 0.05) is 19.3 Å². The van der Waals surface area contributed by atoms with Gasteiger partial charge in [0.1, 0.15) is 13.2 Å². The van der Waals surface area contributed by atoms with Gasteiger partial charge in [-0.15, -0.1) is 0 Å². The van der Waals surface area contributed by atoms with Crippen molar-refractivity contribution in [2.24, 2.45) is 0 Å². The molecule has 1 atom stereocenters. The molecule has 0 rings (SSSR count). The van der Waals surface area contributed by atoms with Crippen molar-refractivity contribution in [2.45, 2.75) is 316 Å². The highest BCUT2D eigenvalue weighted by Crippen LogP contribution is 2.17. The van der Waals surface area contributed by atoms with Crippen molar-refractivity contribution in [3.05, 3.63) is 109 Å². The Hall–Kier alpha value is -3.93. The maximum Gasteiger partial charge on any atom is 0.306 e. The molecule has 0 aromatic heterocycles. The summed E-state index contributed by atoms with van der Waals surface area (Å²) in [5.41, 5.74) is 0. The molecule has 0 aliphatic heterocycles. The van der Waals surface area contributed by atoms with E-state index in [9.17, 15) is 14.4 Å². The van der Waals surface area contributed by atoms with E-state index in [-0.39, 0.29) is 37.5 Å². The Kier molecular flexibility index (Phi) is 62.3. The van der Waals surface area contributed by atoms with Crippen LogP contribution in [0.1, 0.15) is 310 Å². The van der Waals surface area contributed by atoms with Crippen LogP contribution in [0.4, 0.5) is 0 Å². The van der Waals surface area contributed by atoms with E-state index in [1.165, 1.54) is 141 Å². The number of carbonyl (C=O) groups is 3. The molecule has 0 aromatic carbocycles. The molecule has 0 bridgehead atoms. The lowest BCUT2D eigenvalue weighted by Crippen LogP contribution is -2.30. The highest BCUT2D eigenvalue weighted by Gasteiger charge is 2.19. The third-order valence-electron chi connectivity index (χ3n) is 14.0. The molecular formula is C72H122O6. The van der Waals surface area contributed by atoms with Gasteiger partial charge in [0.05, 0.1) is 0 Å². The smallest absolute Gasteiger partial charge is 0.306 e. The fraction of sp³-hybridized carbons (Fsp3) is 0.708. The van der Waals surface area contributed by atoms with Gasteiger partial charge in [-0.2, -0.15) is 0 Å². The molecule has 78 heavy (non-hydrogen) atoms. The number of ether oxygens (including phenoxy) is 3. The summed E-state index contributed by atoms with van der Waals surface area (Å²) >= 11 is 0. The zero-order valence-electron chi connectivity index (χ0n) is 51.2. The third kappa shape index (κ3) is 62.9. The average molecular weight is 1080 g/mol. The van der Waals surface area contributed by atoms with Crippen molar-refractivity contribution in [3.63, 3.8) is 0 Å². The van der Waals surface area contributed by atoms with Crippen LogP contribution in [0.5, 0.6) is 0 Å². The van der Waals surface area contributed by atoms with Crippen LogP contribution >= 0.6 is 0 Å². The fourth-order valence-electron chi connectivity index (χ4n) is 9.14. The molecule has 0 aliphatic rings. The minimum Gasteiger partial charge on any atom is -0.462 e. The van der Waals surface area contributed by atoms with Gasteiger partial charge in [0.25, 0.3) is 0 Å². The molecule has 6 nitrogen and oxygen atoms in total. The molecule has 6 heteroatoms. The molecular weight excluding hydrogens is 961 g/mol. The van der Waals surface area contributed by atoms with E-state index < -0.39 is 6.10 Å². The van der Waals surface area contributed by atoms with Crippen molar-refractivity contribution < 1.29 is 28.6 Å². The first-order valence-corrected chi connectivity index (χ1v) is 32.9. The number of carbonyl (C=O) groups excluding carboxylic acids is 3. The number of unbranched alkanes of at least 4 members (excludes halogenated alkanes) is 30. The predicted octanol–water partition coefficient (Wildman–Crippen LogP) is 22.6. The molecule has 0 amide bonds. The van der Waals surface area contributed by atoms with Crippen LogP contribution in [0.3, 0.4) is 0 Å². The van der Waals surface area contributed by atoms with Gasteiger partial charge < -0.3 is 14.2 Å². The average Bonchev–Trinajstić information content (AvgIpc) is 3.44. The number of allylic oxidation sites excluding steroid dienone is 18. The summed E-state index contributed by atoms with van der Waals surface area (Å²) in [7, 11) is 0. The van der Waals surface area contributed by atoms with Gasteiger partial charge in [-0.05, 0) is 116 Å². The van der Waals surface area contributed by atoms with E-state index in [2.05, 4.69) is 130 Å². The fourth-order valence-corrected chi connectivity index (χ4v) is 9.14. The molecule has 0 N–H and O–H groups in total. The zero-order chi connectivity index (χ0) is 56.4. The summed E-state index contributed by atoms with van der Waals surface area (Å²) in [6.07, 6.45) is 90.0. The monoisotopic (exact) mass is 1080 g/mol. The Bertz CT molecular complexity index is 1570. The third-order valence-corrected chi connectivity index (χ3v) is 14.0. The van der Waals surface area contributed by atoms with Crippen LogP contribution in [-0.4, -0.2) is 37.2 Å². The molecule has 0 heterocycles. The Morgan fingerprint density at radius 2 is 0.500 bits per heavy atom. The summed E-state index contributed by atoms with van der Waals surface area (Å²) in [6.45, 7) is 6.32. The van der Waals surface area contributed by atoms with E-state index in [4.69, 9.17) is 14.2 Å². The molecule has 0 aliphatic carbocycles. The van der Waals surface area contributed by atoms with Crippen molar-refractivity contribution in [3.8, 4) is 0 Å². The van der Waals surface area contributed by atoms with E-state index in [0.29, 0.717) is 19.3 Å². The van der Waals surface area contributed by atoms with Crippen molar-refractivity contribution in [1.29, 1.82) is 0 Å². The first kappa shape index (κ1) is 74.1. The molecule has 446 valence electrons. The number of hydrogen-bond donors (Lipinski definition) is 0. The highest BCUT2D eigenvalue weighted by atomic mass is 16.6. The lowest BCUT2D eigenvalue weighted by atomic mass is 10.0. The Morgan fingerprint density at radius 1 is 0.269 bits per heavy atom. The predicted molar refractivity (Wildman–Crippen MR) is 339 cm³/mol. The van der Waals surface area contributed by atoms with Gasteiger partial charge in [-0.25, -0.2) is 0 Å². The minimum atomic E-state index is -0.801. The lowest BCUT2D eigenvalue weighted by molar-refractivity contribution is -0.167. The number of rotatable bonds is 59. The Labute approximate surface area is 482 Å². The first-order valence-electron chi connectivity index (χ1n) is 32.9. The van der Waals surface area contributed by atoms with Crippen molar-refractivity contribution >= 4 is 17.9 Å². The van der Waals surface area contributed by atoms with E-state index in [1.54, 1.807) is 0 Å². The Morgan fingerprint density at radius 3 is 0.821 bits per heavy atom. The quantitative estimate of drug-likeness (QED) is 0.0261. The maximum atomic E-state index is 12.8. The number of esters is 3. The van der Waals surface area contributed by atoms with E-state index in [1.807, 2.05) is 0 Å². The summed E-state index contributed by atoms with van der Waals surface area (Å²) < 4.78 is 16.8. The SMILES string of the molecule is CC/C=C\C/C=C\C/C=C\C/C=C\CCCCCCCCCCCCCCCCCCCCCCCCC(=O)OCC(COC(=O)CCCCCCC/C=C\CCC)OC(=O)CCCC/C=C\C/C=C\C/C=C\C/C=C\CC. The summed E-state index contributed by atoms with van der Waals surface area (Å²) in [5.74, 6) is -0.941. The van der Waals surface area contributed by atoms with Crippen molar-refractivity contribution in [2.75, 3.05) is 13.2 Å². The lowest BCUT2D eigenvalue weighted by Gasteiger charge is -2.18. The number of hydrogen-bond acceptors (Lipinski definition) is 6. The second-order valence-electron chi connectivity index (χ2n) is 21.6. The van der Waals surface area contributed by atoms with Crippen LogP contribution in [0, 0.1) is 0 Å². The van der Waals surface area contributed by atoms with Gasteiger partial charge in [-0.1, -0.05) is 284 Å². The molecule has 0 fully saturated rings. The standard InChI is InChI=1S/C72H122O6/c1-4-7-10-13-16-19-22-24-26-27-28-29-30-31-32-33-34-35-36-37-38-39-40-41-42-43-44-45-47-48-50-53-56-59-62-65-71(74)77-68-69(67-76-70(73)64-61-58-55-52-21-18-15-12-9-6-3)78-72(75)66-63-60-57-54-51-49-46-25-23-20-17-14-11-8-5-2/h7-8,10-12,15-17,19-20,24-26,28-29,46,51,54,69H,4-6,9,13-14,18,21-23,27,30-45,47-50,52-53,55-68H2,1-3H3/b10-7-,11-8-,15-12-,19-16-,20-17-,26-24-,29-28-,46-25-,54-51-. The van der Waals surface area contributed by atoms with Crippen molar-refractivity contribution in [1.82, 2.24) is 0 Å². The summed E-state index contributed by atoms with van der Waals surface area (Å²) in [5, 5.41) is 0. The first-order chi connectivity index (χ1) is 38.5. The maximum absolute atomic E-state index is 12.8. The molecule has 0 aromatic rings. The van der Waals surface area contributed by atoms with E-state index in [0.717, 1.165) is 122 Å². The van der Waals surface area contributed by atoms with Gasteiger partial charge >= 0.3 is 17.9 Å². The van der Waals surface area contributed by atoms with Gasteiger partial charge in [0.15, 0.2) is 6.10 Å². The summed E-state index contributed by atoms with van der Waals surface area (Å²) in [4.78, 5) is 38.1. The van der Waals surface area contributed by atoms with Gasteiger partial charge in [-0.3, -0.25) is 14.4 Å². The molecule has 1 unspecified atom stereocenters. The minimum absolute atomic E-state index is 0.0949.